The highest BCUT2D eigenvalue weighted by atomic mass is 16.1. The van der Waals surface area contributed by atoms with E-state index >= 15 is 0 Å². The fraction of sp³-hybridized carbons (Fsp3) is 0.278. The van der Waals surface area contributed by atoms with Crippen LogP contribution in [0.4, 0.5) is 0 Å². The Morgan fingerprint density at radius 3 is 2.74 bits per heavy atom. The van der Waals surface area contributed by atoms with Crippen molar-refractivity contribution >= 4 is 11.6 Å². The lowest BCUT2D eigenvalue weighted by molar-refractivity contribution is 0.0931. The van der Waals surface area contributed by atoms with E-state index < -0.39 is 0 Å². The van der Waals surface area contributed by atoms with Gasteiger partial charge in [0.2, 0.25) is 0 Å². The Morgan fingerprint density at radius 2 is 1.96 bits per heavy atom. The van der Waals surface area contributed by atoms with Crippen molar-refractivity contribution in [1.82, 2.24) is 19.9 Å². The molecular formula is C18H20N4O. The Labute approximate surface area is 135 Å². The summed E-state index contributed by atoms with van der Waals surface area (Å²) in [5.41, 5.74) is 2.45. The Bertz CT molecular complexity index is 825. The van der Waals surface area contributed by atoms with Crippen molar-refractivity contribution in [1.29, 1.82) is 0 Å². The second kappa shape index (κ2) is 6.60. The van der Waals surface area contributed by atoms with Crippen molar-refractivity contribution in [2.45, 2.75) is 32.7 Å². The number of fused-ring (bicyclic) bond motifs is 1. The van der Waals surface area contributed by atoms with E-state index in [1.807, 2.05) is 60.0 Å². The molecule has 0 saturated heterocycles. The van der Waals surface area contributed by atoms with Crippen molar-refractivity contribution in [3.63, 3.8) is 0 Å². The molecule has 5 heteroatoms. The zero-order valence-electron chi connectivity index (χ0n) is 13.4. The number of pyridine rings is 1. The van der Waals surface area contributed by atoms with Crippen LogP contribution in [-0.2, 0) is 0 Å². The van der Waals surface area contributed by atoms with Crippen molar-refractivity contribution in [2.75, 3.05) is 0 Å². The number of benzene rings is 1. The molecule has 2 aromatic heterocycles. The van der Waals surface area contributed by atoms with Crippen LogP contribution in [0.5, 0.6) is 0 Å². The zero-order chi connectivity index (χ0) is 16.2. The molecule has 1 N–H and O–H groups in total. The molecular weight excluding hydrogens is 288 g/mol. The van der Waals surface area contributed by atoms with Gasteiger partial charge in [0, 0.05) is 11.8 Å². The predicted octanol–water partition coefficient (Wildman–Crippen LogP) is 3.31. The minimum atomic E-state index is -0.162. The highest BCUT2D eigenvalue weighted by Gasteiger charge is 2.20. The molecule has 1 atom stereocenters. The first-order chi connectivity index (χ1) is 11.2. The molecule has 118 valence electrons. The van der Waals surface area contributed by atoms with E-state index in [-0.39, 0.29) is 11.9 Å². The summed E-state index contributed by atoms with van der Waals surface area (Å²) < 4.78 is 1.93. The van der Waals surface area contributed by atoms with Crippen LogP contribution in [0.3, 0.4) is 0 Å². The van der Waals surface area contributed by atoms with Crippen molar-refractivity contribution in [2.24, 2.45) is 0 Å². The minimum Gasteiger partial charge on any atom is -0.342 e. The van der Waals surface area contributed by atoms with Crippen molar-refractivity contribution < 1.29 is 4.79 Å². The lowest BCUT2D eigenvalue weighted by atomic mass is 10.1. The van der Waals surface area contributed by atoms with Crippen LogP contribution in [-0.4, -0.2) is 20.5 Å². The quantitative estimate of drug-likeness (QED) is 0.786. The smallest absolute Gasteiger partial charge is 0.252 e. The first kappa shape index (κ1) is 15.2. The average molecular weight is 308 g/mol. The fourth-order valence-electron chi connectivity index (χ4n) is 2.72. The molecule has 0 radical (unpaired) electrons. The molecule has 3 aromatic rings. The van der Waals surface area contributed by atoms with Crippen LogP contribution in [0, 0.1) is 6.92 Å². The maximum absolute atomic E-state index is 12.6. The number of amides is 1. The highest BCUT2D eigenvalue weighted by Crippen LogP contribution is 2.19. The summed E-state index contributed by atoms with van der Waals surface area (Å²) in [7, 11) is 0. The molecule has 23 heavy (non-hydrogen) atoms. The van der Waals surface area contributed by atoms with Gasteiger partial charge < -0.3 is 5.32 Å². The molecule has 3 rings (SSSR count). The van der Waals surface area contributed by atoms with E-state index in [0.29, 0.717) is 5.56 Å². The monoisotopic (exact) mass is 308 g/mol. The van der Waals surface area contributed by atoms with Crippen LogP contribution in [0.2, 0.25) is 0 Å². The molecule has 0 unspecified atom stereocenters. The Balaban J connectivity index is 1.90. The number of hydrogen-bond donors (Lipinski definition) is 1. The number of hydrogen-bond acceptors (Lipinski definition) is 3. The average Bonchev–Trinajstić information content (AvgIpc) is 2.99. The second-order valence-electron chi connectivity index (χ2n) is 5.62. The van der Waals surface area contributed by atoms with Gasteiger partial charge in [-0.25, -0.2) is 0 Å². The second-order valence-corrected chi connectivity index (χ2v) is 5.62. The largest absolute Gasteiger partial charge is 0.342 e. The number of rotatable bonds is 5. The van der Waals surface area contributed by atoms with Gasteiger partial charge in [-0.3, -0.25) is 9.20 Å². The molecule has 0 spiro atoms. The maximum Gasteiger partial charge on any atom is 0.252 e. The topological polar surface area (TPSA) is 59.3 Å². The predicted molar refractivity (Wildman–Crippen MR) is 89.3 cm³/mol. The van der Waals surface area contributed by atoms with E-state index in [0.717, 1.165) is 29.9 Å². The number of aryl methyl sites for hydroxylation is 1. The molecule has 0 fully saturated rings. The number of carbonyl (C=O) groups excluding carboxylic acids is 1. The molecule has 1 amide bonds. The van der Waals surface area contributed by atoms with Gasteiger partial charge in [-0.2, -0.15) is 0 Å². The molecule has 0 saturated carbocycles. The van der Waals surface area contributed by atoms with Gasteiger partial charge in [0.15, 0.2) is 11.5 Å². The van der Waals surface area contributed by atoms with E-state index in [4.69, 9.17) is 0 Å². The van der Waals surface area contributed by atoms with E-state index in [9.17, 15) is 4.79 Å². The minimum absolute atomic E-state index is 0.0748. The van der Waals surface area contributed by atoms with E-state index in [1.54, 1.807) is 0 Å². The van der Waals surface area contributed by atoms with E-state index in [2.05, 4.69) is 22.4 Å². The van der Waals surface area contributed by atoms with Gasteiger partial charge in [0.25, 0.3) is 5.91 Å². The summed E-state index contributed by atoms with van der Waals surface area (Å²) >= 11 is 0. The zero-order valence-corrected chi connectivity index (χ0v) is 13.4. The summed E-state index contributed by atoms with van der Waals surface area (Å²) in [6, 6.07) is 13.2. The van der Waals surface area contributed by atoms with Crippen LogP contribution >= 0.6 is 0 Å². The van der Waals surface area contributed by atoms with Gasteiger partial charge in [0.1, 0.15) is 0 Å². The van der Waals surface area contributed by atoms with Gasteiger partial charge in [0.05, 0.1) is 6.04 Å². The van der Waals surface area contributed by atoms with Crippen LogP contribution in [0.25, 0.3) is 5.65 Å². The molecule has 1 aromatic carbocycles. The summed E-state index contributed by atoms with van der Waals surface area (Å²) in [5.74, 6) is 0.693. The normalized spacial score (nSPS) is 12.3. The Kier molecular flexibility index (Phi) is 4.37. The molecule has 5 nitrogen and oxygen atoms in total. The summed E-state index contributed by atoms with van der Waals surface area (Å²) in [5, 5.41) is 11.6. The van der Waals surface area contributed by atoms with Gasteiger partial charge >= 0.3 is 0 Å². The van der Waals surface area contributed by atoms with Crippen LogP contribution in [0.1, 0.15) is 47.6 Å². The molecule has 0 aliphatic carbocycles. The SMILES string of the molecule is CCC[C@@H](NC(=O)c1ccccc1C)c1nnc2ccccn12. The van der Waals surface area contributed by atoms with Crippen molar-refractivity contribution in [3.8, 4) is 0 Å². The third-order valence-corrected chi connectivity index (χ3v) is 3.92. The first-order valence-electron chi connectivity index (χ1n) is 7.87. The number of nitrogens with zero attached hydrogens (tertiary/aromatic N) is 3. The Morgan fingerprint density at radius 1 is 1.17 bits per heavy atom. The maximum atomic E-state index is 12.6. The van der Waals surface area contributed by atoms with Crippen LogP contribution in [0.15, 0.2) is 48.7 Å². The molecule has 0 bridgehead atoms. The fourth-order valence-corrected chi connectivity index (χ4v) is 2.72. The molecule has 0 aliphatic heterocycles. The van der Waals surface area contributed by atoms with Gasteiger partial charge in [-0.1, -0.05) is 37.6 Å². The molecule has 2 heterocycles. The number of carbonyl (C=O) groups is 1. The first-order valence-corrected chi connectivity index (χ1v) is 7.87. The third kappa shape index (κ3) is 3.08. The summed E-state index contributed by atoms with van der Waals surface area (Å²) in [6.45, 7) is 4.03. The third-order valence-electron chi connectivity index (χ3n) is 3.92. The highest BCUT2D eigenvalue weighted by molar-refractivity contribution is 5.95. The number of nitrogens with one attached hydrogen (secondary N) is 1. The Hall–Kier alpha value is -2.69. The van der Waals surface area contributed by atoms with Crippen molar-refractivity contribution in [3.05, 3.63) is 65.6 Å². The molecule has 0 aliphatic rings. The lowest BCUT2D eigenvalue weighted by Crippen LogP contribution is -2.30. The summed E-state index contributed by atoms with van der Waals surface area (Å²) in [6.07, 6.45) is 3.68. The van der Waals surface area contributed by atoms with Crippen LogP contribution < -0.4 is 5.32 Å². The lowest BCUT2D eigenvalue weighted by Gasteiger charge is -2.17. The standard InChI is InChI=1S/C18H20N4O/c1-3-8-15(17-21-20-16-11-6-7-12-22(16)17)19-18(23)14-10-5-4-9-13(14)2/h4-7,9-12,15H,3,8H2,1-2H3,(H,19,23)/t15-/m1/s1. The van der Waals surface area contributed by atoms with Gasteiger partial charge in [-0.15, -0.1) is 10.2 Å². The number of aromatic nitrogens is 3. The van der Waals surface area contributed by atoms with Gasteiger partial charge in [-0.05, 0) is 37.1 Å². The summed E-state index contributed by atoms with van der Waals surface area (Å²) in [4.78, 5) is 12.6. The van der Waals surface area contributed by atoms with E-state index in [1.165, 1.54) is 0 Å².